The standard InChI is InChI=1S/C23H34N2/c1-5-21(2)10-8-19-17-7-6-16-12-20-15(14-24-25-20)13-22(16,3)18(17)9-11-23(19,21)4/h5,14,16-19H,1,6-13H2,2-4H3,(H,24,25)/t16?,17?,18-,19-,21-,22-,23-/m0/s1. The van der Waals surface area contributed by atoms with Gasteiger partial charge in [-0.15, -0.1) is 6.58 Å². The van der Waals surface area contributed by atoms with Crippen molar-refractivity contribution in [1.82, 2.24) is 10.2 Å². The first-order valence-electron chi connectivity index (χ1n) is 10.6. The number of H-pyrrole nitrogens is 1. The molecule has 1 aromatic rings. The first-order chi connectivity index (χ1) is 11.9. The lowest BCUT2D eigenvalue weighted by atomic mass is 9.43. The molecule has 2 unspecified atom stereocenters. The first kappa shape index (κ1) is 16.1. The fourth-order valence-corrected chi connectivity index (χ4v) is 8.10. The van der Waals surface area contributed by atoms with Crippen molar-refractivity contribution in [2.24, 2.45) is 39.9 Å². The molecule has 4 aliphatic carbocycles. The molecule has 2 nitrogen and oxygen atoms in total. The summed E-state index contributed by atoms with van der Waals surface area (Å²) >= 11 is 0. The van der Waals surface area contributed by atoms with Gasteiger partial charge in [-0.25, -0.2) is 0 Å². The van der Waals surface area contributed by atoms with Crippen molar-refractivity contribution in [3.05, 3.63) is 30.1 Å². The third-order valence-corrected chi connectivity index (χ3v) is 10.0. The fourth-order valence-electron chi connectivity index (χ4n) is 8.10. The monoisotopic (exact) mass is 338 g/mol. The minimum Gasteiger partial charge on any atom is -0.285 e. The molecule has 4 aliphatic rings. The van der Waals surface area contributed by atoms with Crippen LogP contribution in [0.4, 0.5) is 0 Å². The summed E-state index contributed by atoms with van der Waals surface area (Å²) < 4.78 is 0. The highest BCUT2D eigenvalue weighted by Crippen LogP contribution is 2.70. The molecule has 7 atom stereocenters. The summed E-state index contributed by atoms with van der Waals surface area (Å²) in [5.41, 5.74) is 4.20. The van der Waals surface area contributed by atoms with Crippen molar-refractivity contribution in [1.29, 1.82) is 0 Å². The predicted molar refractivity (Wildman–Crippen MR) is 102 cm³/mol. The Kier molecular flexibility index (Phi) is 3.24. The molecule has 136 valence electrons. The van der Waals surface area contributed by atoms with Gasteiger partial charge in [-0.05, 0) is 96.8 Å². The third-order valence-electron chi connectivity index (χ3n) is 10.0. The molecule has 0 amide bonds. The van der Waals surface area contributed by atoms with Gasteiger partial charge in [-0.1, -0.05) is 26.8 Å². The van der Waals surface area contributed by atoms with E-state index in [1.54, 1.807) is 0 Å². The summed E-state index contributed by atoms with van der Waals surface area (Å²) in [6.45, 7) is 12.0. The van der Waals surface area contributed by atoms with E-state index < -0.39 is 0 Å². The van der Waals surface area contributed by atoms with E-state index in [2.05, 4.69) is 49.8 Å². The Labute approximate surface area is 152 Å². The van der Waals surface area contributed by atoms with Crippen LogP contribution in [0.2, 0.25) is 0 Å². The van der Waals surface area contributed by atoms with Crippen LogP contribution in [0.15, 0.2) is 18.9 Å². The molecule has 0 radical (unpaired) electrons. The molecule has 3 saturated carbocycles. The molecule has 1 heterocycles. The summed E-state index contributed by atoms with van der Waals surface area (Å²) in [6, 6.07) is 0. The first-order valence-corrected chi connectivity index (χ1v) is 10.6. The molecular weight excluding hydrogens is 304 g/mol. The topological polar surface area (TPSA) is 28.7 Å². The van der Waals surface area contributed by atoms with Gasteiger partial charge in [-0.3, -0.25) is 5.10 Å². The van der Waals surface area contributed by atoms with E-state index in [1.807, 2.05) is 0 Å². The van der Waals surface area contributed by atoms with Crippen LogP contribution in [0, 0.1) is 39.9 Å². The molecule has 0 bridgehead atoms. The maximum Gasteiger partial charge on any atom is 0.0657 e. The Balaban J connectivity index is 1.50. The van der Waals surface area contributed by atoms with Crippen molar-refractivity contribution in [2.45, 2.75) is 72.1 Å². The van der Waals surface area contributed by atoms with Gasteiger partial charge < -0.3 is 0 Å². The van der Waals surface area contributed by atoms with Crippen LogP contribution in [0.1, 0.15) is 70.6 Å². The zero-order valence-corrected chi connectivity index (χ0v) is 16.3. The Morgan fingerprint density at radius 1 is 1.12 bits per heavy atom. The van der Waals surface area contributed by atoms with E-state index in [0.29, 0.717) is 16.2 Å². The van der Waals surface area contributed by atoms with Crippen molar-refractivity contribution in [2.75, 3.05) is 0 Å². The average molecular weight is 339 g/mol. The number of fused-ring (bicyclic) bond motifs is 6. The summed E-state index contributed by atoms with van der Waals surface area (Å²) in [5.74, 6) is 3.62. The smallest absolute Gasteiger partial charge is 0.0657 e. The van der Waals surface area contributed by atoms with E-state index >= 15 is 0 Å². The van der Waals surface area contributed by atoms with Gasteiger partial charge in [0.2, 0.25) is 0 Å². The lowest BCUT2D eigenvalue weighted by molar-refractivity contribution is -0.106. The van der Waals surface area contributed by atoms with E-state index in [0.717, 1.165) is 23.7 Å². The van der Waals surface area contributed by atoms with Crippen LogP contribution >= 0.6 is 0 Å². The van der Waals surface area contributed by atoms with Crippen LogP contribution in [-0.4, -0.2) is 10.2 Å². The normalized spacial score (nSPS) is 51.2. The molecule has 0 aromatic carbocycles. The number of nitrogens with one attached hydrogen (secondary N) is 1. The summed E-state index contributed by atoms with van der Waals surface area (Å²) in [5, 5.41) is 7.68. The van der Waals surface area contributed by atoms with Crippen molar-refractivity contribution < 1.29 is 0 Å². The van der Waals surface area contributed by atoms with Gasteiger partial charge in [0.1, 0.15) is 0 Å². The highest BCUT2D eigenvalue weighted by Gasteiger charge is 2.62. The average Bonchev–Trinajstić information content (AvgIpc) is 3.14. The minimum atomic E-state index is 0.352. The van der Waals surface area contributed by atoms with E-state index in [4.69, 9.17) is 0 Å². The molecular formula is C23H34N2. The zero-order valence-electron chi connectivity index (χ0n) is 16.3. The second-order valence-electron chi connectivity index (χ2n) is 10.5. The SMILES string of the molecule is C=C[C@@]1(C)CC[C@H]2C3CCC4Cc5n[nH]cc5C[C@]4(C)[C@H]3CC[C@@]21C. The number of hydrogen-bond donors (Lipinski definition) is 1. The molecule has 3 fully saturated rings. The molecule has 0 saturated heterocycles. The molecule has 1 aromatic heterocycles. The lowest BCUT2D eigenvalue weighted by Crippen LogP contribution is -2.55. The van der Waals surface area contributed by atoms with Crippen LogP contribution in [0.5, 0.6) is 0 Å². The predicted octanol–water partition coefficient (Wildman–Crippen LogP) is 5.56. The van der Waals surface area contributed by atoms with Gasteiger partial charge in [0.25, 0.3) is 0 Å². The van der Waals surface area contributed by atoms with Crippen LogP contribution in [0.25, 0.3) is 0 Å². The molecule has 0 spiro atoms. The Bertz CT molecular complexity index is 705. The van der Waals surface area contributed by atoms with Gasteiger partial charge in [0.05, 0.1) is 5.69 Å². The Morgan fingerprint density at radius 2 is 1.92 bits per heavy atom. The summed E-state index contributed by atoms with van der Waals surface area (Å²) in [4.78, 5) is 0. The van der Waals surface area contributed by atoms with Gasteiger partial charge >= 0.3 is 0 Å². The second kappa shape index (κ2) is 5.02. The Morgan fingerprint density at radius 3 is 2.72 bits per heavy atom. The molecule has 1 N–H and O–H groups in total. The number of aromatic nitrogens is 2. The highest BCUT2D eigenvalue weighted by atomic mass is 15.1. The third kappa shape index (κ3) is 1.89. The van der Waals surface area contributed by atoms with Crippen LogP contribution < -0.4 is 0 Å². The highest BCUT2D eigenvalue weighted by molar-refractivity contribution is 5.26. The molecule has 2 heteroatoms. The van der Waals surface area contributed by atoms with E-state index in [-0.39, 0.29) is 0 Å². The Hall–Kier alpha value is -1.05. The number of hydrogen-bond acceptors (Lipinski definition) is 1. The summed E-state index contributed by atoms with van der Waals surface area (Å²) in [7, 11) is 0. The van der Waals surface area contributed by atoms with Crippen molar-refractivity contribution in [3.8, 4) is 0 Å². The quantitative estimate of drug-likeness (QED) is 0.667. The number of allylic oxidation sites excluding steroid dienone is 1. The molecule has 5 rings (SSSR count). The minimum absolute atomic E-state index is 0.352. The maximum absolute atomic E-state index is 4.54. The van der Waals surface area contributed by atoms with Gasteiger partial charge in [-0.2, -0.15) is 5.10 Å². The van der Waals surface area contributed by atoms with Gasteiger partial charge in [0.15, 0.2) is 0 Å². The van der Waals surface area contributed by atoms with E-state index in [9.17, 15) is 0 Å². The molecule has 0 aliphatic heterocycles. The van der Waals surface area contributed by atoms with Crippen LogP contribution in [0.3, 0.4) is 0 Å². The number of aromatic amines is 1. The second-order valence-corrected chi connectivity index (χ2v) is 10.5. The van der Waals surface area contributed by atoms with Crippen molar-refractivity contribution >= 4 is 0 Å². The van der Waals surface area contributed by atoms with Crippen molar-refractivity contribution in [3.63, 3.8) is 0 Å². The summed E-state index contributed by atoms with van der Waals surface area (Å²) in [6.07, 6.45) is 15.4. The van der Waals surface area contributed by atoms with E-state index in [1.165, 1.54) is 62.6 Å². The lowest BCUT2D eigenvalue weighted by Gasteiger charge is -2.61. The fraction of sp³-hybridized carbons (Fsp3) is 0.783. The molecule has 25 heavy (non-hydrogen) atoms. The zero-order chi connectivity index (χ0) is 17.4. The van der Waals surface area contributed by atoms with Crippen LogP contribution in [-0.2, 0) is 12.8 Å². The van der Waals surface area contributed by atoms with Gasteiger partial charge in [0, 0.05) is 6.20 Å². The maximum atomic E-state index is 4.54. The number of rotatable bonds is 1. The number of nitrogens with zero attached hydrogens (tertiary/aromatic N) is 1. The largest absolute Gasteiger partial charge is 0.285 e.